The van der Waals surface area contributed by atoms with E-state index in [1.807, 2.05) is 0 Å². The van der Waals surface area contributed by atoms with E-state index in [1.165, 1.54) is 35.2 Å². The number of aryl methyl sites for hydroxylation is 1. The fraction of sp³-hybridized carbons (Fsp3) is 0.526. The molecule has 114 valence electrons. The Bertz CT molecular complexity index is 587. The molecule has 0 spiro atoms. The van der Waals surface area contributed by atoms with Crippen molar-refractivity contribution < 1.29 is 0 Å². The zero-order valence-electron chi connectivity index (χ0n) is 13.9. The minimum atomic E-state index is 0.633. The number of hydrogen-bond donors (Lipinski definition) is 1. The summed E-state index contributed by atoms with van der Waals surface area (Å²) in [5.41, 5.74) is 4.96. The van der Waals surface area contributed by atoms with Crippen LogP contribution in [0.15, 0.2) is 24.3 Å². The van der Waals surface area contributed by atoms with Crippen LogP contribution in [0.4, 0.5) is 5.69 Å². The Morgan fingerprint density at radius 3 is 2.62 bits per heavy atom. The van der Waals surface area contributed by atoms with Crippen molar-refractivity contribution in [2.24, 2.45) is 5.92 Å². The molecule has 1 heterocycles. The highest BCUT2D eigenvalue weighted by Gasteiger charge is 2.08. The minimum absolute atomic E-state index is 0.633. The molecule has 0 unspecified atom stereocenters. The fourth-order valence-corrected chi connectivity index (χ4v) is 2.72. The van der Waals surface area contributed by atoms with Crippen LogP contribution in [0.2, 0.25) is 0 Å². The third-order valence-corrected chi connectivity index (χ3v) is 3.73. The molecule has 0 aliphatic rings. The van der Waals surface area contributed by atoms with Gasteiger partial charge in [-0.1, -0.05) is 33.3 Å². The standard InChI is InChI=1S/C19H28N2/c1-5-7-8-15-9-10-18-17(12-15)19(20-6-2)13-16(21-18)11-14(3)4/h9-10,12-14H,5-8,11H2,1-4H3,(H,20,21). The number of pyridine rings is 1. The number of anilines is 1. The van der Waals surface area contributed by atoms with Gasteiger partial charge in [0.15, 0.2) is 0 Å². The first-order chi connectivity index (χ1) is 10.1. The second-order valence-corrected chi connectivity index (χ2v) is 6.24. The molecule has 2 rings (SSSR count). The zero-order chi connectivity index (χ0) is 15.2. The van der Waals surface area contributed by atoms with Crippen LogP contribution in [-0.2, 0) is 12.8 Å². The zero-order valence-corrected chi connectivity index (χ0v) is 13.9. The first-order valence-electron chi connectivity index (χ1n) is 8.30. The molecule has 2 nitrogen and oxygen atoms in total. The highest BCUT2D eigenvalue weighted by Crippen LogP contribution is 2.26. The lowest BCUT2D eigenvalue weighted by Gasteiger charge is -2.13. The highest BCUT2D eigenvalue weighted by molar-refractivity contribution is 5.92. The Labute approximate surface area is 129 Å². The van der Waals surface area contributed by atoms with Gasteiger partial charge in [-0.05, 0) is 55.9 Å². The highest BCUT2D eigenvalue weighted by atomic mass is 14.9. The van der Waals surface area contributed by atoms with Crippen LogP contribution in [0.5, 0.6) is 0 Å². The predicted molar refractivity (Wildman–Crippen MR) is 93.1 cm³/mol. The summed E-state index contributed by atoms with van der Waals surface area (Å²) in [6, 6.07) is 8.97. The van der Waals surface area contributed by atoms with Crippen LogP contribution >= 0.6 is 0 Å². The molecule has 1 aromatic carbocycles. The number of rotatable bonds is 7. The van der Waals surface area contributed by atoms with Gasteiger partial charge in [0, 0.05) is 23.3 Å². The van der Waals surface area contributed by atoms with Crippen molar-refractivity contribution in [1.82, 2.24) is 4.98 Å². The second-order valence-electron chi connectivity index (χ2n) is 6.24. The van der Waals surface area contributed by atoms with Gasteiger partial charge < -0.3 is 5.32 Å². The van der Waals surface area contributed by atoms with E-state index >= 15 is 0 Å². The number of aromatic nitrogens is 1. The number of benzene rings is 1. The maximum absolute atomic E-state index is 4.84. The molecule has 21 heavy (non-hydrogen) atoms. The number of nitrogens with one attached hydrogen (secondary N) is 1. The maximum atomic E-state index is 4.84. The van der Waals surface area contributed by atoms with Crippen molar-refractivity contribution in [3.63, 3.8) is 0 Å². The largest absolute Gasteiger partial charge is 0.385 e. The molecule has 0 fully saturated rings. The number of hydrogen-bond acceptors (Lipinski definition) is 2. The van der Waals surface area contributed by atoms with Gasteiger partial charge in [-0.15, -0.1) is 0 Å². The monoisotopic (exact) mass is 284 g/mol. The van der Waals surface area contributed by atoms with Crippen LogP contribution in [0.3, 0.4) is 0 Å². The third-order valence-electron chi connectivity index (χ3n) is 3.73. The number of nitrogens with zero attached hydrogens (tertiary/aromatic N) is 1. The molecule has 2 aromatic rings. The predicted octanol–water partition coefficient (Wildman–Crippen LogP) is 5.21. The van der Waals surface area contributed by atoms with Crippen LogP contribution in [0, 0.1) is 5.92 Å². The number of fused-ring (bicyclic) bond motifs is 1. The smallest absolute Gasteiger partial charge is 0.0726 e. The summed E-state index contributed by atoms with van der Waals surface area (Å²) >= 11 is 0. The Kier molecular flexibility index (Phi) is 5.60. The lowest BCUT2D eigenvalue weighted by molar-refractivity contribution is 0.637. The maximum Gasteiger partial charge on any atom is 0.0726 e. The van der Waals surface area contributed by atoms with Gasteiger partial charge in [0.05, 0.1) is 5.52 Å². The molecule has 0 radical (unpaired) electrons. The lowest BCUT2D eigenvalue weighted by atomic mass is 10.0. The van der Waals surface area contributed by atoms with E-state index in [1.54, 1.807) is 0 Å². The summed E-state index contributed by atoms with van der Waals surface area (Å²) in [5, 5.41) is 4.77. The third kappa shape index (κ3) is 4.20. The molecule has 0 aliphatic heterocycles. The minimum Gasteiger partial charge on any atom is -0.385 e. The van der Waals surface area contributed by atoms with Gasteiger partial charge in [-0.25, -0.2) is 0 Å². The Hall–Kier alpha value is -1.57. The Balaban J connectivity index is 2.42. The topological polar surface area (TPSA) is 24.9 Å². The average Bonchev–Trinajstić information content (AvgIpc) is 2.45. The Morgan fingerprint density at radius 2 is 1.95 bits per heavy atom. The molecule has 0 saturated carbocycles. The van der Waals surface area contributed by atoms with Crippen molar-refractivity contribution in [3.8, 4) is 0 Å². The first kappa shape index (κ1) is 15.8. The molecular formula is C19H28N2. The summed E-state index contributed by atoms with van der Waals surface area (Å²) in [6.45, 7) is 9.82. The quantitative estimate of drug-likeness (QED) is 0.755. The van der Waals surface area contributed by atoms with Crippen LogP contribution in [0.1, 0.15) is 51.8 Å². The molecule has 1 aromatic heterocycles. The number of unbranched alkanes of at least 4 members (excludes halogenated alkanes) is 1. The molecular weight excluding hydrogens is 256 g/mol. The van der Waals surface area contributed by atoms with E-state index in [0.717, 1.165) is 24.9 Å². The van der Waals surface area contributed by atoms with Gasteiger partial charge in [-0.2, -0.15) is 0 Å². The average molecular weight is 284 g/mol. The van der Waals surface area contributed by atoms with Crippen molar-refractivity contribution in [1.29, 1.82) is 0 Å². The van der Waals surface area contributed by atoms with Crippen LogP contribution in [-0.4, -0.2) is 11.5 Å². The molecule has 2 heteroatoms. The van der Waals surface area contributed by atoms with Crippen molar-refractivity contribution in [3.05, 3.63) is 35.5 Å². The van der Waals surface area contributed by atoms with E-state index in [-0.39, 0.29) is 0 Å². The van der Waals surface area contributed by atoms with Gasteiger partial charge >= 0.3 is 0 Å². The summed E-state index contributed by atoms with van der Waals surface area (Å²) in [7, 11) is 0. The molecule has 0 saturated heterocycles. The van der Waals surface area contributed by atoms with Gasteiger partial charge in [0.2, 0.25) is 0 Å². The van der Waals surface area contributed by atoms with Gasteiger partial charge in [-0.3, -0.25) is 4.98 Å². The summed E-state index contributed by atoms with van der Waals surface area (Å²) in [4.78, 5) is 4.84. The summed E-state index contributed by atoms with van der Waals surface area (Å²) < 4.78 is 0. The van der Waals surface area contributed by atoms with Crippen LogP contribution < -0.4 is 5.32 Å². The van der Waals surface area contributed by atoms with Crippen molar-refractivity contribution in [2.45, 2.75) is 53.4 Å². The fourth-order valence-electron chi connectivity index (χ4n) is 2.72. The molecule has 0 atom stereocenters. The van der Waals surface area contributed by atoms with E-state index in [9.17, 15) is 0 Å². The summed E-state index contributed by atoms with van der Waals surface area (Å²) in [6.07, 6.45) is 4.68. The molecule has 0 amide bonds. The lowest BCUT2D eigenvalue weighted by Crippen LogP contribution is -2.03. The van der Waals surface area contributed by atoms with Crippen LogP contribution in [0.25, 0.3) is 10.9 Å². The Morgan fingerprint density at radius 1 is 1.14 bits per heavy atom. The second kappa shape index (κ2) is 7.44. The normalized spacial score (nSPS) is 11.3. The van der Waals surface area contributed by atoms with E-state index < -0.39 is 0 Å². The van der Waals surface area contributed by atoms with E-state index in [2.05, 4.69) is 57.3 Å². The SMILES string of the molecule is CCCCc1ccc2nc(CC(C)C)cc(NCC)c2c1. The van der Waals surface area contributed by atoms with Gasteiger partial charge in [0.1, 0.15) is 0 Å². The first-order valence-corrected chi connectivity index (χ1v) is 8.30. The molecule has 1 N–H and O–H groups in total. The molecule has 0 bridgehead atoms. The van der Waals surface area contributed by atoms with Crippen molar-refractivity contribution in [2.75, 3.05) is 11.9 Å². The van der Waals surface area contributed by atoms with Gasteiger partial charge in [0.25, 0.3) is 0 Å². The van der Waals surface area contributed by atoms with Crippen molar-refractivity contribution >= 4 is 16.6 Å². The van der Waals surface area contributed by atoms with E-state index in [0.29, 0.717) is 5.92 Å². The summed E-state index contributed by atoms with van der Waals surface area (Å²) in [5.74, 6) is 0.633. The van der Waals surface area contributed by atoms with E-state index in [4.69, 9.17) is 4.98 Å². The molecule has 0 aliphatic carbocycles.